The summed E-state index contributed by atoms with van der Waals surface area (Å²) in [5.41, 5.74) is 5.58. The first-order chi connectivity index (χ1) is 6.72. The zero-order valence-corrected chi connectivity index (χ0v) is 8.66. The number of hydrogen-bond donors (Lipinski definition) is 3. The third-order valence-electron chi connectivity index (χ3n) is 1.85. The number of carbonyl (C=O) groups is 1. The monoisotopic (exact) mass is 204 g/mol. The highest BCUT2D eigenvalue weighted by Gasteiger charge is 2.11. The standard InChI is InChI=1S/C9H20N2O3/c1-14-7-4-8(10)9(13)11-5-2-3-6-12/h8,12H,2-7,10H2,1H3,(H,11,13). The molecule has 1 unspecified atom stereocenters. The lowest BCUT2D eigenvalue weighted by Gasteiger charge is -2.11. The van der Waals surface area contributed by atoms with Crippen molar-refractivity contribution in [3.63, 3.8) is 0 Å². The van der Waals surface area contributed by atoms with Crippen molar-refractivity contribution < 1.29 is 14.6 Å². The van der Waals surface area contributed by atoms with Gasteiger partial charge in [-0.05, 0) is 19.3 Å². The number of hydrogen-bond acceptors (Lipinski definition) is 4. The van der Waals surface area contributed by atoms with Crippen LogP contribution >= 0.6 is 0 Å². The lowest BCUT2D eigenvalue weighted by molar-refractivity contribution is -0.122. The van der Waals surface area contributed by atoms with Crippen molar-refractivity contribution in [3.05, 3.63) is 0 Å². The van der Waals surface area contributed by atoms with Gasteiger partial charge in [0.2, 0.25) is 5.91 Å². The summed E-state index contributed by atoms with van der Waals surface area (Å²) in [6, 6.07) is -0.496. The Labute approximate surface area is 84.6 Å². The Hall–Kier alpha value is -0.650. The van der Waals surface area contributed by atoms with Crippen molar-refractivity contribution in [2.75, 3.05) is 26.9 Å². The number of aliphatic hydroxyl groups is 1. The number of amides is 1. The van der Waals surface area contributed by atoms with Gasteiger partial charge >= 0.3 is 0 Å². The van der Waals surface area contributed by atoms with E-state index >= 15 is 0 Å². The van der Waals surface area contributed by atoms with E-state index in [9.17, 15) is 4.79 Å². The van der Waals surface area contributed by atoms with Gasteiger partial charge in [0.1, 0.15) is 0 Å². The molecule has 0 fully saturated rings. The molecule has 0 aromatic carbocycles. The summed E-state index contributed by atoms with van der Waals surface area (Å²) in [6.07, 6.45) is 2.01. The maximum Gasteiger partial charge on any atom is 0.237 e. The maximum absolute atomic E-state index is 11.3. The number of rotatable bonds is 8. The molecule has 1 amide bonds. The van der Waals surface area contributed by atoms with Crippen molar-refractivity contribution in [3.8, 4) is 0 Å². The molecule has 0 saturated carbocycles. The Morgan fingerprint density at radius 1 is 1.57 bits per heavy atom. The van der Waals surface area contributed by atoms with Gasteiger partial charge in [0.15, 0.2) is 0 Å². The Bertz CT molecular complexity index is 153. The van der Waals surface area contributed by atoms with E-state index in [0.717, 1.165) is 6.42 Å². The first kappa shape index (κ1) is 13.4. The minimum Gasteiger partial charge on any atom is -0.396 e. The molecule has 0 radical (unpaired) electrons. The second-order valence-corrected chi connectivity index (χ2v) is 3.11. The first-order valence-corrected chi connectivity index (χ1v) is 4.85. The van der Waals surface area contributed by atoms with Gasteiger partial charge in [-0.2, -0.15) is 0 Å². The average molecular weight is 204 g/mol. The molecule has 4 N–H and O–H groups in total. The van der Waals surface area contributed by atoms with Crippen LogP contribution in [0.2, 0.25) is 0 Å². The van der Waals surface area contributed by atoms with Crippen LogP contribution in [0.4, 0.5) is 0 Å². The molecule has 5 nitrogen and oxygen atoms in total. The highest BCUT2D eigenvalue weighted by Crippen LogP contribution is 1.90. The number of unbranched alkanes of at least 4 members (excludes halogenated alkanes) is 1. The predicted octanol–water partition coefficient (Wildman–Crippen LogP) is -0.761. The van der Waals surface area contributed by atoms with Crippen LogP contribution in [-0.2, 0) is 9.53 Å². The highest BCUT2D eigenvalue weighted by atomic mass is 16.5. The van der Waals surface area contributed by atoms with Crippen molar-refractivity contribution in [1.82, 2.24) is 5.32 Å². The summed E-state index contributed by atoms with van der Waals surface area (Å²) in [4.78, 5) is 11.3. The molecule has 0 saturated heterocycles. The highest BCUT2D eigenvalue weighted by molar-refractivity contribution is 5.81. The minimum atomic E-state index is -0.496. The van der Waals surface area contributed by atoms with Crippen molar-refractivity contribution in [2.45, 2.75) is 25.3 Å². The number of ether oxygens (including phenoxy) is 1. The van der Waals surface area contributed by atoms with Crippen molar-refractivity contribution in [1.29, 1.82) is 0 Å². The Kier molecular flexibility index (Phi) is 8.51. The van der Waals surface area contributed by atoms with E-state index in [0.29, 0.717) is 26.0 Å². The van der Waals surface area contributed by atoms with Crippen LogP contribution in [0.1, 0.15) is 19.3 Å². The fraction of sp³-hybridized carbons (Fsp3) is 0.889. The summed E-state index contributed by atoms with van der Waals surface area (Å²) in [5.74, 6) is -0.153. The molecular formula is C9H20N2O3. The molecule has 0 heterocycles. The quantitative estimate of drug-likeness (QED) is 0.454. The van der Waals surface area contributed by atoms with Gasteiger partial charge in [-0.15, -0.1) is 0 Å². The molecule has 5 heteroatoms. The summed E-state index contributed by atoms with van der Waals surface area (Å²) in [6.45, 7) is 1.22. The molecule has 1 atom stereocenters. The first-order valence-electron chi connectivity index (χ1n) is 4.85. The number of nitrogens with one attached hydrogen (secondary N) is 1. The van der Waals surface area contributed by atoms with Gasteiger partial charge in [-0.25, -0.2) is 0 Å². The topological polar surface area (TPSA) is 84.6 Å². The predicted molar refractivity (Wildman–Crippen MR) is 53.8 cm³/mol. The Balaban J connectivity index is 3.42. The SMILES string of the molecule is COCCC(N)C(=O)NCCCCO. The van der Waals surface area contributed by atoms with Gasteiger partial charge in [0.05, 0.1) is 6.04 Å². The number of aliphatic hydroxyl groups excluding tert-OH is 1. The molecule has 0 aliphatic carbocycles. The molecule has 0 spiro atoms. The number of nitrogens with two attached hydrogens (primary N) is 1. The molecule has 0 rings (SSSR count). The third-order valence-corrected chi connectivity index (χ3v) is 1.85. The van der Waals surface area contributed by atoms with Crippen LogP contribution in [0.25, 0.3) is 0 Å². The van der Waals surface area contributed by atoms with Crippen molar-refractivity contribution >= 4 is 5.91 Å². The van der Waals surface area contributed by atoms with Crippen LogP contribution in [0.5, 0.6) is 0 Å². The van der Waals surface area contributed by atoms with Crippen LogP contribution in [-0.4, -0.2) is 43.9 Å². The van der Waals surface area contributed by atoms with Crippen LogP contribution < -0.4 is 11.1 Å². The van der Waals surface area contributed by atoms with Crippen LogP contribution in [0.3, 0.4) is 0 Å². The second-order valence-electron chi connectivity index (χ2n) is 3.11. The van der Waals surface area contributed by atoms with E-state index in [1.54, 1.807) is 7.11 Å². The average Bonchev–Trinajstić information content (AvgIpc) is 2.20. The minimum absolute atomic E-state index is 0.153. The fourth-order valence-corrected chi connectivity index (χ4v) is 0.955. The van der Waals surface area contributed by atoms with E-state index in [2.05, 4.69) is 5.32 Å². The number of carbonyl (C=O) groups excluding carboxylic acids is 1. The summed E-state index contributed by atoms with van der Waals surface area (Å²) >= 11 is 0. The summed E-state index contributed by atoms with van der Waals surface area (Å²) in [7, 11) is 1.58. The zero-order chi connectivity index (χ0) is 10.8. The fourth-order valence-electron chi connectivity index (χ4n) is 0.955. The smallest absolute Gasteiger partial charge is 0.237 e. The normalized spacial score (nSPS) is 12.5. The van der Waals surface area contributed by atoms with Gasteiger partial charge in [0, 0.05) is 26.9 Å². The van der Waals surface area contributed by atoms with Gasteiger partial charge in [0.25, 0.3) is 0 Å². The molecule has 0 bridgehead atoms. The maximum atomic E-state index is 11.3. The van der Waals surface area contributed by atoms with E-state index in [1.165, 1.54) is 0 Å². The van der Waals surface area contributed by atoms with Crippen LogP contribution in [0, 0.1) is 0 Å². The molecular weight excluding hydrogens is 184 g/mol. The molecule has 84 valence electrons. The summed E-state index contributed by atoms with van der Waals surface area (Å²) in [5, 5.41) is 11.2. The molecule has 0 aliphatic rings. The van der Waals surface area contributed by atoms with Crippen molar-refractivity contribution in [2.24, 2.45) is 5.73 Å². The molecule has 0 aromatic rings. The summed E-state index contributed by atoms with van der Waals surface area (Å²) < 4.78 is 4.81. The third kappa shape index (κ3) is 6.82. The largest absolute Gasteiger partial charge is 0.396 e. The van der Waals surface area contributed by atoms with Crippen LogP contribution in [0.15, 0.2) is 0 Å². The molecule has 14 heavy (non-hydrogen) atoms. The van der Waals surface area contributed by atoms with Gasteiger partial charge < -0.3 is 20.9 Å². The number of methoxy groups -OCH3 is 1. The second kappa shape index (κ2) is 8.93. The lowest BCUT2D eigenvalue weighted by Crippen LogP contribution is -2.41. The van der Waals surface area contributed by atoms with E-state index < -0.39 is 6.04 Å². The van der Waals surface area contributed by atoms with Gasteiger partial charge in [-0.3, -0.25) is 4.79 Å². The van der Waals surface area contributed by atoms with E-state index in [-0.39, 0.29) is 12.5 Å². The lowest BCUT2D eigenvalue weighted by atomic mass is 10.2. The van der Waals surface area contributed by atoms with E-state index in [4.69, 9.17) is 15.6 Å². The van der Waals surface area contributed by atoms with Gasteiger partial charge in [-0.1, -0.05) is 0 Å². The Morgan fingerprint density at radius 3 is 2.86 bits per heavy atom. The van der Waals surface area contributed by atoms with E-state index in [1.807, 2.05) is 0 Å². The Morgan fingerprint density at radius 2 is 2.29 bits per heavy atom. The molecule has 0 aliphatic heterocycles. The molecule has 0 aromatic heterocycles. The zero-order valence-electron chi connectivity index (χ0n) is 8.66.